The normalized spacial score (nSPS) is 20.7. The minimum absolute atomic E-state index is 0.321. The molecule has 1 atom stereocenters. The van der Waals surface area contributed by atoms with Crippen LogP contribution in [0.2, 0.25) is 5.15 Å². The van der Waals surface area contributed by atoms with Crippen LogP contribution in [0.15, 0.2) is 18.3 Å². The van der Waals surface area contributed by atoms with Crippen LogP contribution in [0.1, 0.15) is 18.2 Å². The number of nitrogen functional groups attached to an aromatic ring is 1. The van der Waals surface area contributed by atoms with Crippen LogP contribution in [-0.4, -0.2) is 22.6 Å². The monoisotopic (exact) mass is 237 g/mol. The second kappa shape index (κ2) is 3.64. The van der Waals surface area contributed by atoms with Crippen LogP contribution in [0.25, 0.3) is 5.52 Å². The molecule has 1 fully saturated rings. The fourth-order valence-electron chi connectivity index (χ4n) is 2.11. The summed E-state index contributed by atoms with van der Waals surface area (Å²) in [5, 5.41) is 0.530. The van der Waals surface area contributed by atoms with Crippen molar-refractivity contribution in [2.24, 2.45) is 0 Å². The molecule has 1 saturated heterocycles. The summed E-state index contributed by atoms with van der Waals surface area (Å²) in [4.78, 5) is 4.41. The first-order chi connectivity index (χ1) is 7.75. The third-order valence-electron chi connectivity index (χ3n) is 2.94. The summed E-state index contributed by atoms with van der Waals surface area (Å²) in [6.45, 7) is 1.50. The van der Waals surface area contributed by atoms with Gasteiger partial charge in [-0.3, -0.25) is 4.40 Å². The molecule has 5 heteroatoms. The van der Waals surface area contributed by atoms with Crippen LogP contribution in [-0.2, 0) is 4.74 Å². The molecule has 0 aromatic carbocycles. The van der Waals surface area contributed by atoms with Crippen molar-refractivity contribution in [2.75, 3.05) is 18.9 Å². The second-order valence-electron chi connectivity index (χ2n) is 4.04. The Labute approximate surface area is 98.0 Å². The molecule has 0 amide bonds. The van der Waals surface area contributed by atoms with E-state index < -0.39 is 0 Å². The number of fused-ring (bicyclic) bond motifs is 1. The van der Waals surface area contributed by atoms with Crippen LogP contribution in [0.4, 0.5) is 5.69 Å². The van der Waals surface area contributed by atoms with Gasteiger partial charge < -0.3 is 10.5 Å². The van der Waals surface area contributed by atoms with E-state index in [2.05, 4.69) is 4.98 Å². The van der Waals surface area contributed by atoms with E-state index >= 15 is 0 Å². The van der Waals surface area contributed by atoms with Gasteiger partial charge in [0.15, 0.2) is 5.15 Å². The zero-order valence-electron chi connectivity index (χ0n) is 8.69. The van der Waals surface area contributed by atoms with Gasteiger partial charge >= 0.3 is 0 Å². The van der Waals surface area contributed by atoms with Crippen LogP contribution in [0, 0.1) is 0 Å². The van der Waals surface area contributed by atoms with Gasteiger partial charge in [-0.2, -0.15) is 0 Å². The summed E-state index contributed by atoms with van der Waals surface area (Å²) < 4.78 is 7.34. The lowest BCUT2D eigenvalue weighted by Gasteiger charge is -2.06. The summed E-state index contributed by atoms with van der Waals surface area (Å²) in [5.41, 5.74) is 7.39. The molecule has 2 N–H and O–H groups in total. The van der Waals surface area contributed by atoms with Crippen molar-refractivity contribution in [1.29, 1.82) is 0 Å². The zero-order valence-corrected chi connectivity index (χ0v) is 9.44. The van der Waals surface area contributed by atoms with Gasteiger partial charge in [0.25, 0.3) is 0 Å². The van der Waals surface area contributed by atoms with Crippen molar-refractivity contribution < 1.29 is 4.74 Å². The van der Waals surface area contributed by atoms with Crippen molar-refractivity contribution in [3.8, 4) is 0 Å². The highest BCUT2D eigenvalue weighted by Crippen LogP contribution is 2.29. The average Bonchev–Trinajstić information content (AvgIpc) is 2.86. The highest BCUT2D eigenvalue weighted by atomic mass is 35.5. The van der Waals surface area contributed by atoms with Crippen LogP contribution < -0.4 is 5.73 Å². The fourth-order valence-corrected chi connectivity index (χ4v) is 2.35. The Morgan fingerprint density at radius 2 is 2.38 bits per heavy atom. The van der Waals surface area contributed by atoms with Crippen molar-refractivity contribution in [3.63, 3.8) is 0 Å². The Balaban J connectivity index is 2.19. The molecule has 2 aromatic rings. The molecule has 3 rings (SSSR count). The molecular formula is C11H12ClN3O. The smallest absolute Gasteiger partial charge is 0.155 e. The van der Waals surface area contributed by atoms with Gasteiger partial charge in [-0.1, -0.05) is 11.6 Å². The number of nitrogens with zero attached hydrogens (tertiary/aromatic N) is 2. The highest BCUT2D eigenvalue weighted by molar-refractivity contribution is 6.32. The molecule has 0 bridgehead atoms. The van der Waals surface area contributed by atoms with E-state index in [1.165, 1.54) is 0 Å². The maximum Gasteiger partial charge on any atom is 0.155 e. The van der Waals surface area contributed by atoms with Crippen molar-refractivity contribution >= 4 is 22.8 Å². The molecule has 0 radical (unpaired) electrons. The molecule has 0 aliphatic carbocycles. The van der Waals surface area contributed by atoms with E-state index in [4.69, 9.17) is 22.1 Å². The van der Waals surface area contributed by atoms with Gasteiger partial charge in [0.2, 0.25) is 0 Å². The van der Waals surface area contributed by atoms with E-state index in [9.17, 15) is 0 Å². The lowest BCUT2D eigenvalue weighted by atomic mass is 10.1. The number of rotatable bonds is 1. The summed E-state index contributed by atoms with van der Waals surface area (Å²) in [6.07, 6.45) is 2.85. The quantitative estimate of drug-likeness (QED) is 0.826. The number of ether oxygens (including phenoxy) is 1. The molecule has 1 unspecified atom stereocenters. The molecule has 1 aliphatic heterocycles. The predicted molar refractivity (Wildman–Crippen MR) is 62.8 cm³/mol. The lowest BCUT2D eigenvalue weighted by molar-refractivity contribution is 0.193. The minimum atomic E-state index is 0.321. The average molecular weight is 238 g/mol. The van der Waals surface area contributed by atoms with Gasteiger partial charge in [0, 0.05) is 24.4 Å². The molecular weight excluding hydrogens is 226 g/mol. The summed E-state index contributed by atoms with van der Waals surface area (Å²) in [7, 11) is 0. The predicted octanol–water partition coefficient (Wildman–Crippen LogP) is 2.07. The van der Waals surface area contributed by atoms with Crippen molar-refractivity contribution in [1.82, 2.24) is 9.38 Å². The lowest BCUT2D eigenvalue weighted by Crippen LogP contribution is -2.04. The van der Waals surface area contributed by atoms with Crippen LogP contribution >= 0.6 is 11.6 Å². The Morgan fingerprint density at radius 3 is 3.12 bits per heavy atom. The number of hydrogen-bond donors (Lipinski definition) is 1. The topological polar surface area (TPSA) is 52.5 Å². The van der Waals surface area contributed by atoms with Gasteiger partial charge in [0.1, 0.15) is 5.82 Å². The van der Waals surface area contributed by atoms with Crippen molar-refractivity contribution in [3.05, 3.63) is 29.3 Å². The third-order valence-corrected chi connectivity index (χ3v) is 3.22. The van der Waals surface area contributed by atoms with Crippen molar-refractivity contribution in [2.45, 2.75) is 12.3 Å². The van der Waals surface area contributed by atoms with E-state index in [1.807, 2.05) is 22.7 Å². The highest BCUT2D eigenvalue weighted by Gasteiger charge is 2.23. The fraction of sp³-hybridized carbons (Fsp3) is 0.364. The molecule has 2 aromatic heterocycles. The number of anilines is 1. The van der Waals surface area contributed by atoms with E-state index in [0.29, 0.717) is 23.4 Å². The summed E-state index contributed by atoms with van der Waals surface area (Å²) >= 11 is 6.09. The standard InChI is InChI=1S/C11H12ClN3O/c12-10-9-2-1-8(13)5-15(9)11(14-10)7-3-4-16-6-7/h1-2,5,7H,3-4,6,13H2. The first kappa shape index (κ1) is 9.93. The summed E-state index contributed by atoms with van der Waals surface area (Å²) in [5.74, 6) is 1.27. The second-order valence-corrected chi connectivity index (χ2v) is 4.40. The zero-order chi connectivity index (χ0) is 11.1. The number of pyridine rings is 1. The number of halogens is 1. The molecule has 16 heavy (non-hydrogen) atoms. The third kappa shape index (κ3) is 1.45. The van der Waals surface area contributed by atoms with Crippen LogP contribution in [0.5, 0.6) is 0 Å². The van der Waals surface area contributed by atoms with Gasteiger partial charge in [-0.05, 0) is 18.6 Å². The molecule has 1 aliphatic rings. The van der Waals surface area contributed by atoms with Crippen LogP contribution in [0.3, 0.4) is 0 Å². The number of imidazole rings is 1. The number of nitrogens with two attached hydrogens (primary N) is 1. The Bertz CT molecular complexity index is 531. The maximum atomic E-state index is 6.09. The molecule has 84 valence electrons. The first-order valence-corrected chi connectivity index (χ1v) is 5.64. The number of aromatic nitrogens is 2. The van der Waals surface area contributed by atoms with E-state index in [0.717, 1.165) is 24.4 Å². The molecule has 3 heterocycles. The minimum Gasteiger partial charge on any atom is -0.398 e. The molecule has 0 spiro atoms. The first-order valence-electron chi connectivity index (χ1n) is 5.26. The van der Waals surface area contributed by atoms with E-state index in [-0.39, 0.29) is 0 Å². The Kier molecular flexibility index (Phi) is 2.26. The molecule has 0 saturated carbocycles. The number of hydrogen-bond acceptors (Lipinski definition) is 3. The molecule has 4 nitrogen and oxygen atoms in total. The van der Waals surface area contributed by atoms with Gasteiger partial charge in [0.05, 0.1) is 12.1 Å². The van der Waals surface area contributed by atoms with E-state index in [1.54, 1.807) is 0 Å². The SMILES string of the molecule is Nc1ccc2c(Cl)nc(C3CCOC3)n2c1. The largest absolute Gasteiger partial charge is 0.398 e. The maximum absolute atomic E-state index is 6.09. The van der Waals surface area contributed by atoms with Gasteiger partial charge in [-0.15, -0.1) is 0 Å². The Hall–Kier alpha value is -1.26. The van der Waals surface area contributed by atoms with Gasteiger partial charge in [-0.25, -0.2) is 4.98 Å². The summed E-state index contributed by atoms with van der Waals surface area (Å²) in [6, 6.07) is 3.72. The Morgan fingerprint density at radius 1 is 1.50 bits per heavy atom.